The van der Waals surface area contributed by atoms with Crippen molar-refractivity contribution in [3.05, 3.63) is 0 Å². The van der Waals surface area contributed by atoms with Crippen molar-refractivity contribution in [3.63, 3.8) is 0 Å². The molecule has 0 saturated heterocycles. The van der Waals surface area contributed by atoms with Crippen LogP contribution in [0, 0.1) is 0 Å². The van der Waals surface area contributed by atoms with E-state index in [0.717, 1.165) is 0 Å². The summed E-state index contributed by atoms with van der Waals surface area (Å²) in [5.41, 5.74) is 0. The highest BCUT2D eigenvalue weighted by Crippen LogP contribution is 2.21. The van der Waals surface area contributed by atoms with Crippen LogP contribution in [0.25, 0.3) is 0 Å². The molecule has 0 aliphatic rings. The van der Waals surface area contributed by atoms with Crippen LogP contribution in [-0.2, 0) is 14.3 Å². The minimum absolute atomic E-state index is 0.793. The van der Waals surface area contributed by atoms with Crippen molar-refractivity contribution in [1.29, 1.82) is 0 Å². The van der Waals surface area contributed by atoms with Gasteiger partial charge in [-0.1, -0.05) is 0 Å². The Morgan fingerprint density at radius 1 is 1.21 bits per heavy atom. The van der Waals surface area contributed by atoms with E-state index in [1.807, 2.05) is 0 Å². The van der Waals surface area contributed by atoms with Crippen molar-refractivity contribution < 1.29 is 41.8 Å². The first-order chi connectivity index (χ1) is 8.65. The summed E-state index contributed by atoms with van der Waals surface area (Å²) in [4.78, 5) is 31.7. The number of aliphatic carboxylic acids is 1. The molecule has 0 aromatic carbocycles. The fourth-order valence-corrected chi connectivity index (χ4v) is 0.713. The number of hydrogen-bond acceptors (Lipinski definition) is 4. The maximum atomic E-state index is 12.4. The smallest absolute Gasteiger partial charge is 0.329 e. The van der Waals surface area contributed by atoms with Gasteiger partial charge in [-0.25, -0.2) is 18.4 Å². The van der Waals surface area contributed by atoms with Crippen LogP contribution in [-0.4, -0.2) is 55.1 Å². The fourth-order valence-electron chi connectivity index (χ4n) is 0.713. The zero-order valence-corrected chi connectivity index (χ0v) is 9.29. The molecule has 0 rings (SSSR count). The van der Waals surface area contributed by atoms with Crippen LogP contribution in [0.1, 0.15) is 0 Å². The summed E-state index contributed by atoms with van der Waals surface area (Å²) in [6.07, 6.45) is -3.96. The summed E-state index contributed by atoms with van der Waals surface area (Å²) in [7, 11) is 0. The van der Waals surface area contributed by atoms with Gasteiger partial charge in [-0.3, -0.25) is 10.1 Å². The maximum absolute atomic E-state index is 12.4. The second-order valence-electron chi connectivity index (χ2n) is 3.18. The lowest BCUT2D eigenvalue weighted by atomic mass is 10.3. The molecule has 0 saturated carbocycles. The number of ether oxygens (including phenoxy) is 1. The first kappa shape index (κ1) is 17.1. The predicted octanol–water partition coefficient (Wildman–Crippen LogP) is -0.186. The second kappa shape index (κ2) is 7.51. The third-order valence-electron chi connectivity index (χ3n) is 1.52. The zero-order chi connectivity index (χ0) is 15.1. The molecule has 0 bridgehead atoms. The van der Waals surface area contributed by atoms with Crippen LogP contribution >= 0.6 is 0 Å². The molecule has 0 radical (unpaired) electrons. The summed E-state index contributed by atoms with van der Waals surface area (Å²) in [5, 5.41) is 11.0. The van der Waals surface area contributed by atoms with E-state index < -0.39 is 50.0 Å². The minimum Gasteiger partial charge on any atom is -0.480 e. The Bertz CT molecular complexity index is 350. The number of nitrogens with one attached hydrogen (secondary N) is 2. The quantitative estimate of drug-likeness (QED) is 0.564. The Labute approximate surface area is 103 Å². The summed E-state index contributed by atoms with van der Waals surface area (Å²) >= 11 is 0. The highest BCUT2D eigenvalue weighted by atomic mass is 19.3. The van der Waals surface area contributed by atoms with Crippen molar-refractivity contribution in [2.45, 2.75) is 12.3 Å². The molecule has 11 heteroatoms. The summed E-state index contributed by atoms with van der Waals surface area (Å²) in [6.45, 7) is -3.25. The Morgan fingerprint density at radius 3 is 2.26 bits per heavy atom. The van der Waals surface area contributed by atoms with Crippen LogP contribution in [0.4, 0.5) is 22.4 Å². The SMILES string of the molecule is O=C(O)COCC(=O)NC(=O)NCC(F)(F)C(F)F. The molecule has 0 unspecified atom stereocenters. The number of rotatable bonds is 7. The average molecular weight is 290 g/mol. The number of imide groups is 1. The summed E-state index contributed by atoms with van der Waals surface area (Å²) in [5.74, 6) is -6.88. The van der Waals surface area contributed by atoms with Crippen LogP contribution in [0.2, 0.25) is 0 Å². The Balaban J connectivity index is 3.92. The molecule has 0 aliphatic carbocycles. The number of alkyl halides is 4. The summed E-state index contributed by atoms with van der Waals surface area (Å²) in [6, 6.07) is -1.43. The molecule has 110 valence electrons. The molecule has 0 fully saturated rings. The number of carboxylic acids is 1. The van der Waals surface area contributed by atoms with Crippen LogP contribution in [0.5, 0.6) is 0 Å². The van der Waals surface area contributed by atoms with Gasteiger partial charge in [0.15, 0.2) is 0 Å². The van der Waals surface area contributed by atoms with Gasteiger partial charge in [-0.05, 0) is 0 Å². The van der Waals surface area contributed by atoms with Gasteiger partial charge in [0.25, 0.3) is 5.91 Å². The van der Waals surface area contributed by atoms with E-state index in [4.69, 9.17) is 5.11 Å². The van der Waals surface area contributed by atoms with E-state index in [9.17, 15) is 31.9 Å². The van der Waals surface area contributed by atoms with Gasteiger partial charge in [-0.2, -0.15) is 8.78 Å². The highest BCUT2D eigenvalue weighted by molar-refractivity contribution is 5.94. The standard InChI is InChI=1S/C8H10F4N2O5/c9-6(10)8(11,12)3-13-7(18)14-4(15)1-19-2-5(16)17/h6H,1-3H2,(H,16,17)(H2,13,14,15,18). The van der Waals surface area contributed by atoms with Crippen molar-refractivity contribution in [3.8, 4) is 0 Å². The predicted molar refractivity (Wildman–Crippen MR) is 50.9 cm³/mol. The second-order valence-corrected chi connectivity index (χ2v) is 3.18. The summed E-state index contributed by atoms with van der Waals surface area (Å²) < 4.78 is 52.4. The van der Waals surface area contributed by atoms with Crippen molar-refractivity contribution >= 4 is 17.9 Å². The lowest BCUT2D eigenvalue weighted by Crippen LogP contribution is -2.47. The number of carboxylic acid groups (broad SMARTS) is 1. The van der Waals surface area contributed by atoms with E-state index >= 15 is 0 Å². The van der Waals surface area contributed by atoms with E-state index in [2.05, 4.69) is 4.74 Å². The Hall–Kier alpha value is -1.91. The van der Waals surface area contributed by atoms with Gasteiger partial charge in [0, 0.05) is 0 Å². The van der Waals surface area contributed by atoms with E-state index in [0.29, 0.717) is 0 Å². The molecule has 7 nitrogen and oxygen atoms in total. The molecule has 0 heterocycles. The topological polar surface area (TPSA) is 105 Å². The lowest BCUT2D eigenvalue weighted by Gasteiger charge is -2.15. The number of carbonyl (C=O) groups excluding carboxylic acids is 2. The molecular weight excluding hydrogens is 280 g/mol. The maximum Gasteiger partial charge on any atom is 0.329 e. The third-order valence-corrected chi connectivity index (χ3v) is 1.52. The van der Waals surface area contributed by atoms with Gasteiger partial charge < -0.3 is 15.2 Å². The molecule has 0 aliphatic heterocycles. The molecule has 3 amide bonds. The first-order valence-corrected chi connectivity index (χ1v) is 4.68. The van der Waals surface area contributed by atoms with Crippen LogP contribution in [0.3, 0.4) is 0 Å². The number of hydrogen-bond donors (Lipinski definition) is 3. The molecule has 0 spiro atoms. The normalized spacial score (nSPS) is 11.2. The Kier molecular flexibility index (Phi) is 6.75. The highest BCUT2D eigenvalue weighted by Gasteiger charge is 2.40. The molecule has 0 aromatic heterocycles. The van der Waals surface area contributed by atoms with Gasteiger partial charge in [0.2, 0.25) is 0 Å². The zero-order valence-electron chi connectivity index (χ0n) is 9.29. The first-order valence-electron chi connectivity index (χ1n) is 4.68. The van der Waals surface area contributed by atoms with Crippen LogP contribution in [0.15, 0.2) is 0 Å². The fraction of sp³-hybridized carbons (Fsp3) is 0.625. The van der Waals surface area contributed by atoms with Gasteiger partial charge in [0.1, 0.15) is 13.2 Å². The van der Waals surface area contributed by atoms with E-state index in [1.54, 1.807) is 0 Å². The lowest BCUT2D eigenvalue weighted by molar-refractivity contribution is -0.143. The molecule has 0 aromatic rings. The largest absolute Gasteiger partial charge is 0.480 e. The van der Waals surface area contributed by atoms with Crippen molar-refractivity contribution in [1.82, 2.24) is 10.6 Å². The average Bonchev–Trinajstić information content (AvgIpc) is 2.25. The molecule has 19 heavy (non-hydrogen) atoms. The van der Waals surface area contributed by atoms with E-state index in [1.165, 1.54) is 10.6 Å². The monoisotopic (exact) mass is 290 g/mol. The van der Waals surface area contributed by atoms with Gasteiger partial charge >= 0.3 is 24.3 Å². The number of urea groups is 1. The number of halogens is 4. The molecule has 0 atom stereocenters. The molecule has 3 N–H and O–H groups in total. The Morgan fingerprint density at radius 2 is 1.79 bits per heavy atom. The van der Waals surface area contributed by atoms with E-state index in [-0.39, 0.29) is 0 Å². The van der Waals surface area contributed by atoms with Crippen LogP contribution < -0.4 is 10.6 Å². The number of carbonyl (C=O) groups is 3. The number of amides is 3. The molecular formula is C8H10F4N2O5. The van der Waals surface area contributed by atoms with Gasteiger partial charge in [-0.15, -0.1) is 0 Å². The van der Waals surface area contributed by atoms with Gasteiger partial charge in [0.05, 0.1) is 6.54 Å². The third kappa shape index (κ3) is 7.91. The van der Waals surface area contributed by atoms with Crippen molar-refractivity contribution in [2.75, 3.05) is 19.8 Å². The minimum atomic E-state index is -4.42. The van der Waals surface area contributed by atoms with Crippen molar-refractivity contribution in [2.24, 2.45) is 0 Å².